The van der Waals surface area contributed by atoms with Crippen molar-refractivity contribution >= 4 is 5.97 Å². The van der Waals surface area contributed by atoms with Crippen LogP contribution in [0.2, 0.25) is 0 Å². The molecule has 0 rings (SSSR count). The molecule has 0 fully saturated rings. The van der Waals surface area contributed by atoms with Gasteiger partial charge >= 0.3 is 5.97 Å². The molecule has 30 heavy (non-hydrogen) atoms. The van der Waals surface area contributed by atoms with Crippen molar-refractivity contribution in [2.75, 3.05) is 14.1 Å². The molecule has 0 saturated heterocycles. The van der Waals surface area contributed by atoms with Gasteiger partial charge in [-0.3, -0.25) is 4.79 Å². The van der Waals surface area contributed by atoms with Gasteiger partial charge < -0.3 is 10.0 Å². The molecule has 0 bridgehead atoms. The number of carboxylic acids is 1. The zero-order chi connectivity index (χ0) is 22.3. The zero-order valence-corrected chi connectivity index (χ0v) is 20.7. The van der Waals surface area contributed by atoms with E-state index >= 15 is 0 Å². The summed E-state index contributed by atoms with van der Waals surface area (Å²) >= 11 is 0. The number of rotatable bonds is 23. The number of hydrogen-bond donors (Lipinski definition) is 1. The second-order valence-corrected chi connectivity index (χ2v) is 9.34. The zero-order valence-electron chi connectivity index (χ0n) is 20.7. The molecule has 0 aromatic heterocycles. The summed E-state index contributed by atoms with van der Waals surface area (Å²) in [6.07, 6.45) is 29.6. The minimum atomic E-state index is -0.670. The quantitative estimate of drug-likeness (QED) is 0.132. The number of carbonyl (C=O) groups is 1. The highest BCUT2D eigenvalue weighted by Gasteiger charge is 2.10. The number of hydrogen-bond acceptors (Lipinski definition) is 2. The summed E-state index contributed by atoms with van der Waals surface area (Å²) in [6.45, 7) is 2.29. The Morgan fingerprint density at radius 2 is 1.13 bits per heavy atom. The monoisotopic (exact) mass is 423 g/mol. The molecule has 3 heteroatoms. The highest BCUT2D eigenvalue weighted by atomic mass is 16.4. The van der Waals surface area contributed by atoms with Crippen LogP contribution in [0.15, 0.2) is 12.2 Å². The Balaban J connectivity index is 3.44. The van der Waals surface area contributed by atoms with Gasteiger partial charge in [-0.25, -0.2) is 0 Å². The molecule has 0 amide bonds. The lowest BCUT2D eigenvalue weighted by atomic mass is 9.99. The molecule has 1 atom stereocenters. The lowest BCUT2D eigenvalue weighted by Crippen LogP contribution is -2.27. The largest absolute Gasteiger partial charge is 0.481 e. The molecular weight excluding hydrogens is 370 g/mol. The number of nitrogens with zero attached hydrogens (tertiary/aromatic N) is 1. The van der Waals surface area contributed by atoms with Crippen molar-refractivity contribution in [3.63, 3.8) is 0 Å². The molecule has 0 aliphatic carbocycles. The molecule has 0 heterocycles. The van der Waals surface area contributed by atoms with Gasteiger partial charge in [-0.1, -0.05) is 96.1 Å². The van der Waals surface area contributed by atoms with Gasteiger partial charge in [0.25, 0.3) is 0 Å². The van der Waals surface area contributed by atoms with Gasteiger partial charge in [0.05, 0.1) is 0 Å². The summed E-state index contributed by atoms with van der Waals surface area (Å²) in [4.78, 5) is 12.9. The second kappa shape index (κ2) is 22.8. The van der Waals surface area contributed by atoms with E-state index in [1.54, 1.807) is 0 Å². The average Bonchev–Trinajstić information content (AvgIpc) is 2.71. The van der Waals surface area contributed by atoms with Crippen LogP contribution in [0.5, 0.6) is 0 Å². The van der Waals surface area contributed by atoms with E-state index in [4.69, 9.17) is 5.11 Å². The SMILES string of the molecule is CCCCCCCCC(CCCCCCCCC=CCCCCCC(=O)O)N(C)C. The van der Waals surface area contributed by atoms with E-state index in [1.165, 1.54) is 96.3 Å². The number of allylic oxidation sites excluding steroid dienone is 2. The molecule has 0 aliphatic heterocycles. The summed E-state index contributed by atoms with van der Waals surface area (Å²) in [7, 11) is 4.51. The fourth-order valence-electron chi connectivity index (χ4n) is 4.12. The van der Waals surface area contributed by atoms with Gasteiger partial charge in [0.1, 0.15) is 0 Å². The van der Waals surface area contributed by atoms with Crippen LogP contribution >= 0.6 is 0 Å². The third-order valence-electron chi connectivity index (χ3n) is 6.21. The van der Waals surface area contributed by atoms with Gasteiger partial charge in [0, 0.05) is 12.5 Å². The summed E-state index contributed by atoms with van der Waals surface area (Å²) in [5, 5.41) is 8.60. The van der Waals surface area contributed by atoms with E-state index in [0.717, 1.165) is 31.7 Å². The summed E-state index contributed by atoms with van der Waals surface area (Å²) in [5.74, 6) is -0.670. The summed E-state index contributed by atoms with van der Waals surface area (Å²) in [6, 6.07) is 0.783. The first-order chi connectivity index (χ1) is 14.6. The number of unbranched alkanes of at least 4 members (excludes halogenated alkanes) is 14. The van der Waals surface area contributed by atoms with Crippen molar-refractivity contribution in [2.45, 2.75) is 141 Å². The Kier molecular flexibility index (Phi) is 22.2. The van der Waals surface area contributed by atoms with E-state index in [9.17, 15) is 4.79 Å². The third kappa shape index (κ3) is 21.9. The van der Waals surface area contributed by atoms with Crippen molar-refractivity contribution in [3.8, 4) is 0 Å². The van der Waals surface area contributed by atoms with E-state index in [0.29, 0.717) is 6.42 Å². The van der Waals surface area contributed by atoms with Crippen molar-refractivity contribution < 1.29 is 9.90 Å². The van der Waals surface area contributed by atoms with Crippen LogP contribution in [0.3, 0.4) is 0 Å². The van der Waals surface area contributed by atoms with Crippen LogP contribution in [0.25, 0.3) is 0 Å². The summed E-state index contributed by atoms with van der Waals surface area (Å²) in [5.41, 5.74) is 0. The van der Waals surface area contributed by atoms with Crippen LogP contribution in [0.4, 0.5) is 0 Å². The predicted octanol–water partition coefficient (Wildman–Crippen LogP) is 8.38. The first-order valence-electron chi connectivity index (χ1n) is 13.1. The molecule has 1 N–H and O–H groups in total. The second-order valence-electron chi connectivity index (χ2n) is 9.34. The first kappa shape index (κ1) is 29.2. The molecule has 0 spiro atoms. The molecule has 0 aromatic carbocycles. The molecular formula is C27H53NO2. The minimum Gasteiger partial charge on any atom is -0.481 e. The normalized spacial score (nSPS) is 12.8. The molecule has 0 radical (unpaired) electrons. The Morgan fingerprint density at radius 1 is 0.700 bits per heavy atom. The Bertz CT molecular complexity index is 392. The van der Waals surface area contributed by atoms with Crippen LogP contribution in [-0.2, 0) is 4.79 Å². The maximum absolute atomic E-state index is 10.4. The molecule has 178 valence electrons. The fraction of sp³-hybridized carbons (Fsp3) is 0.889. The average molecular weight is 424 g/mol. The fourth-order valence-corrected chi connectivity index (χ4v) is 4.12. The van der Waals surface area contributed by atoms with Gasteiger partial charge in [-0.2, -0.15) is 0 Å². The molecule has 0 saturated carbocycles. The first-order valence-corrected chi connectivity index (χ1v) is 13.1. The number of aliphatic carboxylic acids is 1. The predicted molar refractivity (Wildman–Crippen MR) is 132 cm³/mol. The molecule has 0 aromatic rings. The van der Waals surface area contributed by atoms with Crippen molar-refractivity contribution in [3.05, 3.63) is 12.2 Å². The lowest BCUT2D eigenvalue weighted by molar-refractivity contribution is -0.137. The Morgan fingerprint density at radius 3 is 1.60 bits per heavy atom. The Labute approximate surface area is 188 Å². The van der Waals surface area contributed by atoms with Gasteiger partial charge in [0.2, 0.25) is 0 Å². The van der Waals surface area contributed by atoms with Gasteiger partial charge in [-0.15, -0.1) is 0 Å². The van der Waals surface area contributed by atoms with Gasteiger partial charge in [0.15, 0.2) is 0 Å². The van der Waals surface area contributed by atoms with Gasteiger partial charge in [-0.05, 0) is 59.0 Å². The van der Waals surface area contributed by atoms with E-state index < -0.39 is 5.97 Å². The van der Waals surface area contributed by atoms with E-state index in [1.807, 2.05) is 0 Å². The topological polar surface area (TPSA) is 40.5 Å². The minimum absolute atomic E-state index is 0.318. The third-order valence-corrected chi connectivity index (χ3v) is 6.21. The number of carboxylic acid groups (broad SMARTS) is 1. The molecule has 0 aliphatic rings. The maximum Gasteiger partial charge on any atom is 0.303 e. The Hall–Kier alpha value is -0.830. The highest BCUT2D eigenvalue weighted by Crippen LogP contribution is 2.17. The van der Waals surface area contributed by atoms with Crippen LogP contribution in [0, 0.1) is 0 Å². The standard InChI is InChI=1S/C27H53NO2/c1-4-5-6-7-17-20-23-26(28(2)3)24-21-18-15-13-11-9-8-10-12-14-16-19-22-25-27(29)30/h10,12,26H,4-9,11,13-25H2,1-3H3,(H,29,30). The lowest BCUT2D eigenvalue weighted by Gasteiger charge is -2.24. The molecule has 1 unspecified atom stereocenters. The molecule has 3 nitrogen and oxygen atoms in total. The van der Waals surface area contributed by atoms with E-state index in [2.05, 4.69) is 38.1 Å². The smallest absolute Gasteiger partial charge is 0.303 e. The van der Waals surface area contributed by atoms with Crippen LogP contribution < -0.4 is 0 Å². The van der Waals surface area contributed by atoms with Crippen molar-refractivity contribution in [2.24, 2.45) is 0 Å². The highest BCUT2D eigenvalue weighted by molar-refractivity contribution is 5.66. The van der Waals surface area contributed by atoms with Crippen molar-refractivity contribution in [1.82, 2.24) is 4.90 Å². The van der Waals surface area contributed by atoms with Crippen LogP contribution in [-0.4, -0.2) is 36.1 Å². The van der Waals surface area contributed by atoms with Crippen molar-refractivity contribution in [1.29, 1.82) is 0 Å². The summed E-state index contributed by atoms with van der Waals surface area (Å²) < 4.78 is 0. The van der Waals surface area contributed by atoms with E-state index in [-0.39, 0.29) is 0 Å². The maximum atomic E-state index is 10.4. The van der Waals surface area contributed by atoms with Crippen LogP contribution in [0.1, 0.15) is 135 Å².